The summed E-state index contributed by atoms with van der Waals surface area (Å²) in [5, 5.41) is 5.47. The van der Waals surface area contributed by atoms with Gasteiger partial charge < -0.3 is 5.32 Å². The number of sulfonamides is 1. The minimum absolute atomic E-state index is 0. The number of halogens is 1. The van der Waals surface area contributed by atoms with Crippen molar-refractivity contribution >= 4 is 33.8 Å². The van der Waals surface area contributed by atoms with Crippen LogP contribution in [0.2, 0.25) is 0 Å². The van der Waals surface area contributed by atoms with Crippen molar-refractivity contribution in [3.8, 4) is 0 Å². The van der Waals surface area contributed by atoms with Crippen LogP contribution >= 0.6 is 23.7 Å². The van der Waals surface area contributed by atoms with Crippen LogP contribution in [-0.2, 0) is 28.9 Å². The first kappa shape index (κ1) is 19.1. The van der Waals surface area contributed by atoms with Crippen LogP contribution in [0.1, 0.15) is 21.6 Å². The molecule has 0 aliphatic rings. The molecule has 0 saturated carbocycles. The van der Waals surface area contributed by atoms with Gasteiger partial charge in [-0.2, -0.15) is 0 Å². The SMILES string of the molecule is CNS(=O)(=O)Cc1ccccc1CNCc1sccc1C.Cl. The predicted octanol–water partition coefficient (Wildman–Crippen LogP) is 2.82. The van der Waals surface area contributed by atoms with E-state index < -0.39 is 10.0 Å². The van der Waals surface area contributed by atoms with Crippen molar-refractivity contribution in [2.75, 3.05) is 7.05 Å². The van der Waals surface area contributed by atoms with Gasteiger partial charge >= 0.3 is 0 Å². The first-order valence-electron chi connectivity index (χ1n) is 6.73. The standard InChI is InChI=1S/C15H20N2O2S2.ClH/c1-12-7-8-20-15(12)10-17-9-13-5-3-4-6-14(13)11-21(18,19)16-2;/h3-8,16-17H,9-11H2,1-2H3;1H. The Kier molecular flexibility index (Phi) is 7.52. The predicted molar refractivity (Wildman–Crippen MR) is 95.0 cm³/mol. The van der Waals surface area contributed by atoms with Crippen LogP contribution in [0.25, 0.3) is 0 Å². The first-order valence-corrected chi connectivity index (χ1v) is 9.27. The number of benzene rings is 1. The molecular weight excluding hydrogens is 340 g/mol. The summed E-state index contributed by atoms with van der Waals surface area (Å²) in [5.74, 6) is 0.0133. The molecule has 0 saturated heterocycles. The van der Waals surface area contributed by atoms with Gasteiger partial charge in [0.25, 0.3) is 0 Å². The van der Waals surface area contributed by atoms with E-state index in [0.29, 0.717) is 6.54 Å². The van der Waals surface area contributed by atoms with Gasteiger partial charge in [0.05, 0.1) is 5.75 Å². The lowest BCUT2D eigenvalue weighted by molar-refractivity contribution is 0.587. The van der Waals surface area contributed by atoms with E-state index in [1.807, 2.05) is 24.3 Å². The maximum atomic E-state index is 11.7. The Morgan fingerprint density at radius 3 is 2.36 bits per heavy atom. The number of nitrogens with one attached hydrogen (secondary N) is 2. The summed E-state index contributed by atoms with van der Waals surface area (Å²) in [5.41, 5.74) is 3.14. The Hall–Kier alpha value is -0.920. The fraction of sp³-hybridized carbons (Fsp3) is 0.333. The molecule has 2 N–H and O–H groups in total. The van der Waals surface area contributed by atoms with Crippen molar-refractivity contribution in [3.05, 3.63) is 57.3 Å². The molecule has 0 bridgehead atoms. The molecule has 0 atom stereocenters. The van der Waals surface area contributed by atoms with Crippen molar-refractivity contribution in [3.63, 3.8) is 0 Å². The molecule has 0 aliphatic carbocycles. The van der Waals surface area contributed by atoms with Gasteiger partial charge in [0.15, 0.2) is 0 Å². The third-order valence-electron chi connectivity index (χ3n) is 3.34. The first-order chi connectivity index (χ1) is 10.0. The van der Waals surface area contributed by atoms with Gasteiger partial charge in [0.2, 0.25) is 10.0 Å². The van der Waals surface area contributed by atoms with Crippen LogP contribution in [0.5, 0.6) is 0 Å². The summed E-state index contributed by atoms with van der Waals surface area (Å²) in [4.78, 5) is 1.32. The molecule has 122 valence electrons. The van der Waals surface area contributed by atoms with Crippen LogP contribution < -0.4 is 10.0 Å². The highest BCUT2D eigenvalue weighted by Gasteiger charge is 2.11. The van der Waals surface area contributed by atoms with Gasteiger partial charge in [-0.3, -0.25) is 0 Å². The average molecular weight is 361 g/mol. The summed E-state index contributed by atoms with van der Waals surface area (Å²) in [6, 6.07) is 9.74. The van der Waals surface area contributed by atoms with Crippen molar-refractivity contribution in [2.24, 2.45) is 0 Å². The van der Waals surface area contributed by atoms with E-state index in [2.05, 4.69) is 28.4 Å². The fourth-order valence-electron chi connectivity index (χ4n) is 2.04. The van der Waals surface area contributed by atoms with E-state index in [0.717, 1.165) is 17.7 Å². The summed E-state index contributed by atoms with van der Waals surface area (Å²) in [6.07, 6.45) is 0. The molecule has 2 aromatic rings. The molecule has 0 amide bonds. The van der Waals surface area contributed by atoms with Gasteiger partial charge in [0.1, 0.15) is 0 Å². The van der Waals surface area contributed by atoms with Crippen molar-refractivity contribution < 1.29 is 8.42 Å². The third kappa shape index (κ3) is 5.37. The molecule has 0 spiro atoms. The Labute approximate surface area is 142 Å². The Balaban J connectivity index is 0.00000242. The fourth-order valence-corrected chi connectivity index (χ4v) is 3.75. The molecule has 0 unspecified atom stereocenters. The molecular formula is C15H21ClN2O2S2. The molecule has 1 aromatic heterocycles. The highest BCUT2D eigenvalue weighted by Crippen LogP contribution is 2.16. The zero-order valence-corrected chi connectivity index (χ0v) is 15.1. The quantitative estimate of drug-likeness (QED) is 0.798. The van der Waals surface area contributed by atoms with Gasteiger partial charge in [-0.15, -0.1) is 23.7 Å². The van der Waals surface area contributed by atoms with Gasteiger partial charge in [-0.1, -0.05) is 24.3 Å². The smallest absolute Gasteiger partial charge is 0.215 e. The Bertz CT molecular complexity index is 699. The van der Waals surface area contributed by atoms with E-state index >= 15 is 0 Å². The van der Waals surface area contributed by atoms with E-state index in [4.69, 9.17) is 0 Å². The lowest BCUT2D eigenvalue weighted by Crippen LogP contribution is -2.22. The second-order valence-electron chi connectivity index (χ2n) is 4.86. The second-order valence-corrected chi connectivity index (χ2v) is 7.79. The highest BCUT2D eigenvalue weighted by molar-refractivity contribution is 7.88. The van der Waals surface area contributed by atoms with Crippen LogP contribution in [-0.4, -0.2) is 15.5 Å². The summed E-state index contributed by atoms with van der Waals surface area (Å²) in [6.45, 7) is 3.56. The van der Waals surface area contributed by atoms with Crippen LogP contribution in [0, 0.1) is 6.92 Å². The van der Waals surface area contributed by atoms with Gasteiger partial charge in [-0.05, 0) is 42.1 Å². The highest BCUT2D eigenvalue weighted by atomic mass is 35.5. The van der Waals surface area contributed by atoms with E-state index in [1.54, 1.807) is 11.3 Å². The van der Waals surface area contributed by atoms with Crippen molar-refractivity contribution in [1.29, 1.82) is 0 Å². The van der Waals surface area contributed by atoms with Crippen molar-refractivity contribution in [1.82, 2.24) is 10.0 Å². The lowest BCUT2D eigenvalue weighted by Gasteiger charge is -2.11. The molecule has 0 aliphatic heterocycles. The third-order valence-corrected chi connectivity index (χ3v) is 5.68. The average Bonchev–Trinajstić information content (AvgIpc) is 2.86. The maximum Gasteiger partial charge on any atom is 0.215 e. The number of hydrogen-bond donors (Lipinski definition) is 2. The van der Waals surface area contributed by atoms with Crippen LogP contribution in [0.4, 0.5) is 0 Å². The maximum absolute atomic E-state index is 11.7. The summed E-state index contributed by atoms with van der Waals surface area (Å²) >= 11 is 1.73. The molecule has 1 heterocycles. The van der Waals surface area contributed by atoms with E-state index in [-0.39, 0.29) is 18.2 Å². The number of rotatable bonds is 7. The monoisotopic (exact) mass is 360 g/mol. The molecule has 1 aromatic carbocycles. The molecule has 4 nitrogen and oxygen atoms in total. The zero-order chi connectivity index (χ0) is 15.3. The number of hydrogen-bond acceptors (Lipinski definition) is 4. The topological polar surface area (TPSA) is 58.2 Å². The normalized spacial score (nSPS) is 11.2. The van der Waals surface area contributed by atoms with Crippen molar-refractivity contribution in [2.45, 2.75) is 25.8 Å². The van der Waals surface area contributed by atoms with Crippen LogP contribution in [0.3, 0.4) is 0 Å². The van der Waals surface area contributed by atoms with E-state index in [1.165, 1.54) is 17.5 Å². The molecule has 0 radical (unpaired) electrons. The number of thiophene rings is 1. The molecule has 0 fully saturated rings. The Morgan fingerprint density at radius 1 is 1.09 bits per heavy atom. The summed E-state index contributed by atoms with van der Waals surface area (Å²) < 4.78 is 25.7. The zero-order valence-electron chi connectivity index (χ0n) is 12.6. The second kappa shape index (κ2) is 8.64. The lowest BCUT2D eigenvalue weighted by atomic mass is 10.1. The minimum Gasteiger partial charge on any atom is -0.308 e. The van der Waals surface area contributed by atoms with Crippen LogP contribution in [0.15, 0.2) is 35.7 Å². The molecule has 7 heteroatoms. The minimum atomic E-state index is -3.25. The van der Waals surface area contributed by atoms with Gasteiger partial charge in [0, 0.05) is 18.0 Å². The summed E-state index contributed by atoms with van der Waals surface area (Å²) in [7, 11) is -1.81. The Morgan fingerprint density at radius 2 is 1.77 bits per heavy atom. The van der Waals surface area contributed by atoms with E-state index in [9.17, 15) is 8.42 Å². The van der Waals surface area contributed by atoms with Gasteiger partial charge in [-0.25, -0.2) is 13.1 Å². The largest absolute Gasteiger partial charge is 0.308 e. The molecule has 2 rings (SSSR count). The number of aryl methyl sites for hydroxylation is 1. The molecule has 22 heavy (non-hydrogen) atoms.